The highest BCUT2D eigenvalue weighted by Crippen LogP contribution is 2.52. The number of amides is 1. The van der Waals surface area contributed by atoms with Crippen molar-refractivity contribution < 1.29 is 42.1 Å². The molecule has 41 heavy (non-hydrogen) atoms. The number of aliphatic hydroxyl groups is 1. The highest BCUT2D eigenvalue weighted by molar-refractivity contribution is 7.91. The number of benzene rings is 1. The number of aryl methyl sites for hydroxylation is 1. The number of imidazole rings is 1. The summed E-state index contributed by atoms with van der Waals surface area (Å²) in [6, 6.07) is 6.44. The molecule has 0 aliphatic carbocycles. The summed E-state index contributed by atoms with van der Waals surface area (Å²) < 4.78 is 41.9. The Morgan fingerprint density at radius 2 is 1.90 bits per heavy atom. The molecule has 1 N–H and O–H groups in total. The van der Waals surface area contributed by atoms with Crippen LogP contribution >= 0.6 is 11.3 Å². The highest BCUT2D eigenvalue weighted by Gasteiger charge is 2.60. The van der Waals surface area contributed by atoms with E-state index >= 15 is 0 Å². The largest absolute Gasteiger partial charge is 0.516 e. The lowest BCUT2D eigenvalue weighted by atomic mass is 9.77. The quantitative estimate of drug-likeness (QED) is 0.176. The van der Waals surface area contributed by atoms with Gasteiger partial charge in [-0.1, -0.05) is 32.0 Å². The normalized spacial score (nSPS) is 21.9. The molecule has 1 amide bonds. The molecule has 0 saturated carbocycles. The summed E-state index contributed by atoms with van der Waals surface area (Å²) in [5, 5.41) is 10.2. The summed E-state index contributed by atoms with van der Waals surface area (Å²) in [5.74, 6) is -2.17. The van der Waals surface area contributed by atoms with E-state index in [2.05, 4.69) is 4.98 Å². The van der Waals surface area contributed by atoms with Gasteiger partial charge in [0.2, 0.25) is 12.2 Å². The van der Waals surface area contributed by atoms with Gasteiger partial charge in [-0.25, -0.2) is 23.0 Å². The van der Waals surface area contributed by atoms with E-state index in [0.29, 0.717) is 27.5 Å². The maximum absolute atomic E-state index is 13.5. The molecule has 2 aliphatic rings. The summed E-state index contributed by atoms with van der Waals surface area (Å²) in [6.45, 7) is 6.59. The van der Waals surface area contributed by atoms with E-state index in [1.54, 1.807) is 22.7 Å². The lowest BCUT2D eigenvalue weighted by Gasteiger charge is -2.46. The summed E-state index contributed by atoms with van der Waals surface area (Å²) in [6.07, 6.45) is 1.29. The zero-order valence-electron chi connectivity index (χ0n) is 22.9. The number of fused-ring (bicyclic) bond motifs is 2. The van der Waals surface area contributed by atoms with E-state index in [9.17, 15) is 27.9 Å². The number of thiazole rings is 1. The van der Waals surface area contributed by atoms with E-state index in [0.717, 1.165) is 23.2 Å². The number of nitrogens with zero attached hydrogens (tertiary/aromatic N) is 3. The number of β-lactam (4-membered cyclic amide) rings is 1. The van der Waals surface area contributed by atoms with Crippen LogP contribution in [0.1, 0.15) is 38.1 Å². The van der Waals surface area contributed by atoms with E-state index in [1.807, 2.05) is 26.0 Å². The number of carbonyl (C=O) groups excluding carboxylic acids is 3. The van der Waals surface area contributed by atoms with Gasteiger partial charge in [-0.05, 0) is 25.0 Å². The zero-order valence-corrected chi connectivity index (χ0v) is 24.6. The molecule has 5 atom stereocenters. The molecule has 0 radical (unpaired) electrons. The first kappa shape index (κ1) is 28.8. The minimum absolute atomic E-state index is 0.0529. The fraction of sp³-hybridized carbons (Fsp3) is 0.407. The fourth-order valence-electron chi connectivity index (χ4n) is 5.42. The smallest absolute Gasteiger partial charge is 0.421 e. The topological polar surface area (TPSA) is 154 Å². The third kappa shape index (κ3) is 5.00. The van der Waals surface area contributed by atoms with Gasteiger partial charge in [0, 0.05) is 30.9 Å². The van der Waals surface area contributed by atoms with E-state index < -0.39 is 58.1 Å². The summed E-state index contributed by atoms with van der Waals surface area (Å²) >= 11 is 1.11. The van der Waals surface area contributed by atoms with Gasteiger partial charge in [-0.3, -0.25) is 9.20 Å². The van der Waals surface area contributed by atoms with Crippen LogP contribution in [-0.4, -0.2) is 70.5 Å². The van der Waals surface area contributed by atoms with Crippen molar-refractivity contribution in [2.75, 3.05) is 6.26 Å². The summed E-state index contributed by atoms with van der Waals surface area (Å²) in [4.78, 5) is 45.2. The predicted octanol–water partition coefficient (Wildman–Crippen LogP) is 3.04. The molecule has 3 aromatic rings. The molecule has 14 heteroatoms. The summed E-state index contributed by atoms with van der Waals surface area (Å²) in [7, 11) is -3.62. The Morgan fingerprint density at radius 3 is 2.56 bits per heavy atom. The Hall–Kier alpha value is -3.75. The number of hydrogen-bond donors (Lipinski definition) is 1. The predicted molar refractivity (Wildman–Crippen MR) is 147 cm³/mol. The molecule has 5 rings (SSSR count). The Kier molecular flexibility index (Phi) is 7.42. The molecule has 2 aromatic heterocycles. The maximum atomic E-state index is 13.5. The minimum Gasteiger partial charge on any atom is -0.421 e. The van der Waals surface area contributed by atoms with Gasteiger partial charge in [0.15, 0.2) is 14.9 Å². The number of hydrogen-bond acceptors (Lipinski definition) is 11. The van der Waals surface area contributed by atoms with Crippen molar-refractivity contribution in [3.05, 3.63) is 52.9 Å². The van der Waals surface area contributed by atoms with Crippen molar-refractivity contribution in [3.63, 3.8) is 0 Å². The molecule has 1 fully saturated rings. The number of esters is 1. The molecule has 2 aliphatic heterocycles. The molecule has 4 heterocycles. The second kappa shape index (κ2) is 10.6. The van der Waals surface area contributed by atoms with E-state index in [-0.39, 0.29) is 10.7 Å². The van der Waals surface area contributed by atoms with E-state index in [4.69, 9.17) is 14.2 Å². The highest BCUT2D eigenvalue weighted by atomic mass is 32.2. The second-order valence-corrected chi connectivity index (χ2v) is 13.0. The molecular formula is C27H29N3O9S2. The van der Waals surface area contributed by atoms with Gasteiger partial charge >= 0.3 is 12.1 Å². The number of aliphatic hydroxyl groups excluding tert-OH is 1. The van der Waals surface area contributed by atoms with Crippen LogP contribution in [0, 0.1) is 11.8 Å². The molecule has 218 valence electrons. The van der Waals surface area contributed by atoms with Crippen LogP contribution in [0.2, 0.25) is 0 Å². The maximum Gasteiger partial charge on any atom is 0.516 e. The molecule has 0 bridgehead atoms. The van der Waals surface area contributed by atoms with Crippen molar-refractivity contribution in [1.82, 2.24) is 14.3 Å². The van der Waals surface area contributed by atoms with Crippen LogP contribution < -0.4 is 4.74 Å². The molecule has 12 nitrogen and oxygen atoms in total. The second-order valence-electron chi connectivity index (χ2n) is 10.1. The van der Waals surface area contributed by atoms with Crippen LogP contribution in [0.15, 0.2) is 47.5 Å². The zero-order chi connectivity index (χ0) is 29.8. The number of para-hydroxylation sites is 1. The van der Waals surface area contributed by atoms with E-state index in [1.165, 1.54) is 25.1 Å². The third-order valence-corrected chi connectivity index (χ3v) is 9.52. The van der Waals surface area contributed by atoms with Crippen molar-refractivity contribution in [2.45, 2.75) is 57.6 Å². The van der Waals surface area contributed by atoms with Crippen LogP contribution in [0.25, 0.3) is 10.4 Å². The first-order valence-electron chi connectivity index (χ1n) is 12.9. The number of aromatic nitrogens is 2. The van der Waals surface area contributed by atoms with Crippen molar-refractivity contribution in [2.24, 2.45) is 11.8 Å². The standard InChI is InChI=1S/C27H29N3O9S2/c1-6-16-9-7-8-10-17(16)39-27(34)38-15(4)37-26(33)22-19(13(2)21-20(14(3)31)24(32)30(21)22)18-11-29-12-28-23(25(29)40-18)41(5,35)36/h7-15,20-21,31H,6H2,1-5H3/t13-,14+,15?,20+,21+/m0/s1. The monoisotopic (exact) mass is 603 g/mol. The van der Waals surface area contributed by atoms with Gasteiger partial charge in [0.05, 0.1) is 22.9 Å². The van der Waals surface area contributed by atoms with Gasteiger partial charge in [0.25, 0.3) is 0 Å². The lowest BCUT2D eigenvalue weighted by Crippen LogP contribution is -2.63. The fourth-order valence-corrected chi connectivity index (χ4v) is 7.77. The van der Waals surface area contributed by atoms with Crippen LogP contribution in [0.4, 0.5) is 4.79 Å². The number of ether oxygens (including phenoxy) is 3. The minimum atomic E-state index is -3.62. The third-order valence-electron chi connectivity index (χ3n) is 7.24. The lowest BCUT2D eigenvalue weighted by molar-refractivity contribution is -0.172. The Balaban J connectivity index is 1.44. The first-order chi connectivity index (χ1) is 19.3. The average molecular weight is 604 g/mol. The van der Waals surface area contributed by atoms with Crippen LogP contribution in [-0.2, 0) is 35.3 Å². The van der Waals surface area contributed by atoms with Gasteiger partial charge in [-0.15, -0.1) is 11.3 Å². The first-order valence-corrected chi connectivity index (χ1v) is 15.6. The van der Waals surface area contributed by atoms with Crippen molar-refractivity contribution >= 4 is 49.6 Å². The van der Waals surface area contributed by atoms with Crippen molar-refractivity contribution in [1.29, 1.82) is 0 Å². The molecule has 1 unspecified atom stereocenters. The number of sulfone groups is 1. The van der Waals surface area contributed by atoms with Gasteiger partial charge in [-0.2, -0.15) is 0 Å². The van der Waals surface area contributed by atoms with Crippen molar-refractivity contribution in [3.8, 4) is 5.75 Å². The molecule has 0 spiro atoms. The molecule has 1 saturated heterocycles. The molecule has 1 aromatic carbocycles. The Labute approximate surface area is 240 Å². The number of rotatable bonds is 8. The Bertz CT molecular complexity index is 1690. The summed E-state index contributed by atoms with van der Waals surface area (Å²) in [5.41, 5.74) is 1.19. The van der Waals surface area contributed by atoms with Gasteiger partial charge < -0.3 is 24.2 Å². The molecular weight excluding hydrogens is 574 g/mol. The van der Waals surface area contributed by atoms with Gasteiger partial charge in [0.1, 0.15) is 22.6 Å². The average Bonchev–Trinajstić information content (AvgIpc) is 3.53. The van der Waals surface area contributed by atoms with Crippen LogP contribution in [0.3, 0.4) is 0 Å². The SMILES string of the molecule is CCc1ccccc1OC(=O)OC(C)OC(=O)C1=C(c2cn3cnc(S(C)(=O)=O)c3s2)[C@H](C)[C@@H]2[C@@H]([C@@H](C)O)C(=O)N12. The Morgan fingerprint density at radius 1 is 1.20 bits per heavy atom. The number of carbonyl (C=O) groups is 3. The van der Waals surface area contributed by atoms with Crippen LogP contribution in [0.5, 0.6) is 5.75 Å².